The standard InChI is InChI=1S/C16H14N2O2S/c1-10-11(5-4-7-13(10)17)9-18-15(19)12-6-2-3-8-14(12)21-16(18)20/h2-8H,9,17H2,1H3. The van der Waals surface area contributed by atoms with Crippen LogP contribution in [0.2, 0.25) is 0 Å². The molecule has 4 nitrogen and oxygen atoms in total. The van der Waals surface area contributed by atoms with E-state index in [0.717, 1.165) is 22.5 Å². The summed E-state index contributed by atoms with van der Waals surface area (Å²) in [7, 11) is 0. The van der Waals surface area contributed by atoms with Crippen molar-refractivity contribution in [1.29, 1.82) is 0 Å². The molecule has 21 heavy (non-hydrogen) atoms. The van der Waals surface area contributed by atoms with E-state index in [1.165, 1.54) is 4.57 Å². The van der Waals surface area contributed by atoms with Gasteiger partial charge in [-0.25, -0.2) is 0 Å². The zero-order valence-corrected chi connectivity index (χ0v) is 12.3. The maximum absolute atomic E-state index is 12.5. The highest BCUT2D eigenvalue weighted by Crippen LogP contribution is 2.17. The van der Waals surface area contributed by atoms with Crippen molar-refractivity contribution in [3.05, 3.63) is 73.6 Å². The normalized spacial score (nSPS) is 10.9. The molecule has 0 atom stereocenters. The van der Waals surface area contributed by atoms with Crippen LogP contribution in [-0.2, 0) is 6.54 Å². The van der Waals surface area contributed by atoms with Crippen LogP contribution in [0.1, 0.15) is 11.1 Å². The van der Waals surface area contributed by atoms with Gasteiger partial charge in [-0.15, -0.1) is 0 Å². The van der Waals surface area contributed by atoms with Gasteiger partial charge in [0.1, 0.15) is 0 Å². The van der Waals surface area contributed by atoms with Crippen molar-refractivity contribution in [1.82, 2.24) is 4.57 Å². The summed E-state index contributed by atoms with van der Waals surface area (Å²) in [5.74, 6) is 0. The van der Waals surface area contributed by atoms with E-state index >= 15 is 0 Å². The summed E-state index contributed by atoms with van der Waals surface area (Å²) in [5, 5.41) is 0.573. The summed E-state index contributed by atoms with van der Waals surface area (Å²) in [5.41, 5.74) is 8.08. The van der Waals surface area contributed by atoms with Gasteiger partial charge in [-0.2, -0.15) is 0 Å². The van der Waals surface area contributed by atoms with Crippen LogP contribution in [-0.4, -0.2) is 4.57 Å². The summed E-state index contributed by atoms with van der Waals surface area (Å²) in [4.78, 5) is 24.4. The van der Waals surface area contributed by atoms with Crippen LogP contribution >= 0.6 is 11.3 Å². The molecular formula is C16H14N2O2S. The molecule has 0 saturated carbocycles. The van der Waals surface area contributed by atoms with Crippen LogP contribution in [0.15, 0.2) is 52.1 Å². The second kappa shape index (κ2) is 5.18. The third kappa shape index (κ3) is 2.36. The molecule has 0 amide bonds. The van der Waals surface area contributed by atoms with Gasteiger partial charge in [0.25, 0.3) is 5.56 Å². The van der Waals surface area contributed by atoms with Crippen molar-refractivity contribution in [3.8, 4) is 0 Å². The third-order valence-electron chi connectivity index (χ3n) is 3.60. The van der Waals surface area contributed by atoms with E-state index in [2.05, 4.69) is 0 Å². The molecule has 1 aromatic heterocycles. The minimum Gasteiger partial charge on any atom is -0.399 e. The number of nitrogen functional groups attached to an aromatic ring is 1. The summed E-state index contributed by atoms with van der Waals surface area (Å²) in [6, 6.07) is 12.7. The van der Waals surface area contributed by atoms with Crippen LogP contribution in [0.5, 0.6) is 0 Å². The van der Waals surface area contributed by atoms with Crippen molar-refractivity contribution in [2.24, 2.45) is 0 Å². The first kappa shape index (κ1) is 13.6. The van der Waals surface area contributed by atoms with Crippen LogP contribution in [0.25, 0.3) is 10.1 Å². The zero-order chi connectivity index (χ0) is 15.0. The molecule has 1 heterocycles. The summed E-state index contributed by atoms with van der Waals surface area (Å²) in [6.07, 6.45) is 0. The molecule has 0 unspecified atom stereocenters. The SMILES string of the molecule is Cc1c(N)cccc1Cn1c(=O)sc2ccccc2c1=O. The van der Waals surface area contributed by atoms with Gasteiger partial charge in [0, 0.05) is 10.4 Å². The molecule has 0 bridgehead atoms. The first-order valence-corrected chi connectivity index (χ1v) is 7.36. The summed E-state index contributed by atoms with van der Waals surface area (Å²) >= 11 is 1.09. The fourth-order valence-electron chi connectivity index (χ4n) is 2.29. The van der Waals surface area contributed by atoms with Crippen LogP contribution < -0.4 is 16.2 Å². The highest BCUT2D eigenvalue weighted by atomic mass is 32.1. The Morgan fingerprint density at radius 2 is 1.86 bits per heavy atom. The zero-order valence-electron chi connectivity index (χ0n) is 11.5. The van der Waals surface area contributed by atoms with Crippen molar-refractivity contribution in [3.63, 3.8) is 0 Å². The van der Waals surface area contributed by atoms with Gasteiger partial charge < -0.3 is 5.73 Å². The quantitative estimate of drug-likeness (QED) is 0.739. The molecule has 0 aliphatic heterocycles. The van der Waals surface area contributed by atoms with E-state index in [4.69, 9.17) is 5.73 Å². The van der Waals surface area contributed by atoms with Gasteiger partial charge in [-0.05, 0) is 36.2 Å². The van der Waals surface area contributed by atoms with E-state index < -0.39 is 0 Å². The fourth-order valence-corrected chi connectivity index (χ4v) is 3.15. The molecule has 0 aliphatic rings. The van der Waals surface area contributed by atoms with Crippen molar-refractivity contribution < 1.29 is 0 Å². The number of aromatic nitrogens is 1. The lowest BCUT2D eigenvalue weighted by Gasteiger charge is -2.10. The lowest BCUT2D eigenvalue weighted by atomic mass is 10.1. The smallest absolute Gasteiger partial charge is 0.310 e. The fraction of sp³-hybridized carbons (Fsp3) is 0.125. The average Bonchev–Trinajstić information content (AvgIpc) is 2.47. The largest absolute Gasteiger partial charge is 0.399 e. The van der Waals surface area contributed by atoms with Gasteiger partial charge in [-0.1, -0.05) is 35.6 Å². The maximum atomic E-state index is 12.5. The number of hydrogen-bond acceptors (Lipinski definition) is 4. The van der Waals surface area contributed by atoms with Crippen molar-refractivity contribution >= 4 is 27.1 Å². The lowest BCUT2D eigenvalue weighted by Crippen LogP contribution is -2.31. The van der Waals surface area contributed by atoms with Crippen molar-refractivity contribution in [2.75, 3.05) is 5.73 Å². The molecule has 0 fully saturated rings. The third-order valence-corrected chi connectivity index (χ3v) is 4.57. The van der Waals surface area contributed by atoms with E-state index in [9.17, 15) is 9.59 Å². The summed E-state index contributed by atoms with van der Waals surface area (Å²) in [6.45, 7) is 2.14. The Morgan fingerprint density at radius 3 is 2.67 bits per heavy atom. The Balaban J connectivity index is 2.20. The highest BCUT2D eigenvalue weighted by molar-refractivity contribution is 7.16. The Morgan fingerprint density at radius 1 is 1.10 bits per heavy atom. The molecule has 3 rings (SSSR count). The van der Waals surface area contributed by atoms with E-state index in [1.54, 1.807) is 18.2 Å². The molecule has 0 radical (unpaired) electrons. The molecular weight excluding hydrogens is 284 g/mol. The van der Waals surface area contributed by atoms with Crippen molar-refractivity contribution in [2.45, 2.75) is 13.5 Å². The molecule has 3 aromatic rings. The van der Waals surface area contributed by atoms with Gasteiger partial charge >= 0.3 is 4.87 Å². The molecule has 0 spiro atoms. The predicted molar refractivity (Wildman–Crippen MR) is 87.0 cm³/mol. The maximum Gasteiger partial charge on any atom is 0.310 e. The van der Waals surface area contributed by atoms with Gasteiger partial charge in [-0.3, -0.25) is 14.2 Å². The topological polar surface area (TPSA) is 65.1 Å². The Hall–Kier alpha value is -2.40. The van der Waals surface area contributed by atoms with E-state index in [-0.39, 0.29) is 17.0 Å². The minimum absolute atomic E-state index is 0.246. The minimum atomic E-state index is -0.254. The second-order valence-electron chi connectivity index (χ2n) is 4.89. The number of fused-ring (bicyclic) bond motifs is 1. The number of rotatable bonds is 2. The van der Waals surface area contributed by atoms with Gasteiger partial charge in [0.15, 0.2) is 0 Å². The monoisotopic (exact) mass is 298 g/mol. The van der Waals surface area contributed by atoms with E-state index in [0.29, 0.717) is 15.8 Å². The van der Waals surface area contributed by atoms with E-state index in [1.807, 2.05) is 31.2 Å². The average molecular weight is 298 g/mol. The molecule has 5 heteroatoms. The highest BCUT2D eigenvalue weighted by Gasteiger charge is 2.10. The van der Waals surface area contributed by atoms with Crippen LogP contribution in [0.4, 0.5) is 5.69 Å². The summed E-state index contributed by atoms with van der Waals surface area (Å²) < 4.78 is 1.99. The number of hydrogen-bond donors (Lipinski definition) is 1. The van der Waals surface area contributed by atoms with Gasteiger partial charge in [0.05, 0.1) is 11.9 Å². The molecule has 106 valence electrons. The van der Waals surface area contributed by atoms with Gasteiger partial charge in [0.2, 0.25) is 0 Å². The van der Waals surface area contributed by atoms with Crippen LogP contribution in [0, 0.1) is 6.92 Å². The number of benzene rings is 2. The Bertz CT molecular complexity index is 941. The number of nitrogens with zero attached hydrogens (tertiary/aromatic N) is 1. The molecule has 2 N–H and O–H groups in total. The molecule has 0 saturated heterocycles. The predicted octanol–water partition coefficient (Wildman–Crippen LogP) is 2.36. The number of anilines is 1. The second-order valence-corrected chi connectivity index (χ2v) is 5.88. The molecule has 0 aliphatic carbocycles. The Labute approximate surface area is 125 Å². The number of nitrogens with two attached hydrogens (primary N) is 1. The first-order chi connectivity index (χ1) is 10.1. The lowest BCUT2D eigenvalue weighted by molar-refractivity contribution is 0.749. The Kier molecular flexibility index (Phi) is 3.35. The van der Waals surface area contributed by atoms with Crippen LogP contribution in [0.3, 0.4) is 0 Å². The first-order valence-electron chi connectivity index (χ1n) is 6.54. The molecule has 2 aromatic carbocycles.